The Bertz CT molecular complexity index is 1840. The number of thiol groups is 1. The molecule has 4 aromatic carbocycles. The van der Waals surface area contributed by atoms with E-state index in [0.717, 1.165) is 23.1 Å². The average Bonchev–Trinajstić information content (AvgIpc) is 3.42. The number of ether oxygens (including phenoxy) is 3. The van der Waals surface area contributed by atoms with Crippen LogP contribution in [0.1, 0.15) is 97.3 Å². The Kier molecular flexibility index (Phi) is 8.60. The van der Waals surface area contributed by atoms with Gasteiger partial charge in [0.1, 0.15) is 23.7 Å². The first kappa shape index (κ1) is 34.4. The van der Waals surface area contributed by atoms with E-state index in [9.17, 15) is 4.79 Å². The molecule has 0 radical (unpaired) electrons. The van der Waals surface area contributed by atoms with Gasteiger partial charge in [-0.05, 0) is 167 Å². The lowest BCUT2D eigenvalue weighted by Crippen LogP contribution is -2.58. The van der Waals surface area contributed by atoms with Crippen molar-refractivity contribution in [3.63, 3.8) is 0 Å². The molecule has 4 fully saturated rings. The molecule has 4 saturated carbocycles. The Balaban J connectivity index is 0.899. The van der Waals surface area contributed by atoms with Crippen molar-refractivity contribution in [2.45, 2.75) is 118 Å². The molecule has 0 atom stereocenters. The molecule has 4 aliphatic carbocycles. The maximum atomic E-state index is 12.9. The van der Waals surface area contributed by atoms with Gasteiger partial charge in [0, 0.05) is 9.79 Å². The van der Waals surface area contributed by atoms with Crippen LogP contribution in [0.4, 0.5) is 0 Å². The standard InChI is InChI=1S/C46H54O4S/c1-44(2,3)32-10-18-41-39(25-32)40-26-33(45(4,5)6)11-19-42(40)51(41)38-16-14-37(15-17-38)48-27-29-8-12-36(13-9-29)49-28-43(47)50-46(7)34-21-30-20-31(23-34)24-35(46)22-30/h8-19,25-26,30-31,34-35,51H,20-24,27-28H2,1-7H3. The summed E-state index contributed by atoms with van der Waals surface area (Å²) in [7, 11) is -0.660. The molecule has 0 unspecified atom stereocenters. The first-order valence-electron chi connectivity index (χ1n) is 19.0. The maximum absolute atomic E-state index is 12.9. The summed E-state index contributed by atoms with van der Waals surface area (Å²) in [4.78, 5) is 17.1. The van der Waals surface area contributed by atoms with E-state index in [4.69, 9.17) is 14.2 Å². The Morgan fingerprint density at radius 2 is 1.16 bits per heavy atom. The first-order chi connectivity index (χ1) is 24.2. The maximum Gasteiger partial charge on any atom is 0.344 e. The first-order valence-corrected chi connectivity index (χ1v) is 20.3. The zero-order chi connectivity index (χ0) is 35.7. The normalized spacial score (nSPS) is 25.4. The van der Waals surface area contributed by atoms with Crippen LogP contribution in [0.5, 0.6) is 11.5 Å². The van der Waals surface area contributed by atoms with Crippen LogP contribution in [-0.2, 0) is 27.0 Å². The highest BCUT2D eigenvalue weighted by Gasteiger charge is 2.57. The molecule has 268 valence electrons. The van der Waals surface area contributed by atoms with Crippen LogP contribution in [-0.4, -0.2) is 18.2 Å². The molecular weight excluding hydrogens is 649 g/mol. The highest BCUT2D eigenvalue weighted by Crippen LogP contribution is 2.63. The van der Waals surface area contributed by atoms with Gasteiger partial charge in [-0.3, -0.25) is 0 Å². The minimum Gasteiger partial charge on any atom is -0.489 e. The highest BCUT2D eigenvalue weighted by molar-refractivity contribution is 8.17. The number of carbonyl (C=O) groups excluding carboxylic acids is 1. The van der Waals surface area contributed by atoms with E-state index >= 15 is 0 Å². The van der Waals surface area contributed by atoms with Gasteiger partial charge in [0.2, 0.25) is 0 Å². The van der Waals surface area contributed by atoms with E-state index in [2.05, 4.69) is 109 Å². The number of carbonyl (C=O) groups is 1. The van der Waals surface area contributed by atoms with Gasteiger partial charge in [-0.2, -0.15) is 10.9 Å². The summed E-state index contributed by atoms with van der Waals surface area (Å²) in [6.45, 7) is 16.3. The van der Waals surface area contributed by atoms with Gasteiger partial charge in [0.25, 0.3) is 0 Å². The average molecular weight is 703 g/mol. The van der Waals surface area contributed by atoms with Gasteiger partial charge in [0.15, 0.2) is 6.61 Å². The third-order valence-corrected chi connectivity index (χ3v) is 14.9. The van der Waals surface area contributed by atoms with Crippen molar-refractivity contribution in [1.82, 2.24) is 0 Å². The summed E-state index contributed by atoms with van der Waals surface area (Å²) in [5.41, 5.74) is 6.42. The number of benzene rings is 4. The summed E-state index contributed by atoms with van der Waals surface area (Å²) in [6, 6.07) is 30.8. The van der Waals surface area contributed by atoms with Gasteiger partial charge >= 0.3 is 5.97 Å². The van der Waals surface area contributed by atoms with Gasteiger partial charge < -0.3 is 14.2 Å². The monoisotopic (exact) mass is 702 g/mol. The molecule has 4 aromatic rings. The van der Waals surface area contributed by atoms with Crippen LogP contribution in [0.2, 0.25) is 0 Å². The molecule has 4 nitrogen and oxygen atoms in total. The van der Waals surface area contributed by atoms with Crippen molar-refractivity contribution in [2.75, 3.05) is 6.61 Å². The van der Waals surface area contributed by atoms with Crippen LogP contribution in [0.25, 0.3) is 11.1 Å². The molecule has 5 heteroatoms. The van der Waals surface area contributed by atoms with E-state index in [-0.39, 0.29) is 29.0 Å². The van der Waals surface area contributed by atoms with E-state index in [1.165, 1.54) is 69.0 Å². The Hall–Kier alpha value is -3.70. The number of hydrogen-bond donors (Lipinski definition) is 1. The smallest absolute Gasteiger partial charge is 0.344 e. The molecule has 0 N–H and O–H groups in total. The summed E-state index contributed by atoms with van der Waals surface area (Å²) in [6.07, 6.45) is 6.25. The van der Waals surface area contributed by atoms with Crippen LogP contribution >= 0.6 is 10.9 Å². The zero-order valence-corrected chi connectivity index (χ0v) is 32.3. The molecule has 4 bridgehead atoms. The second-order valence-corrected chi connectivity index (χ2v) is 20.1. The fourth-order valence-corrected chi connectivity index (χ4v) is 12.0. The van der Waals surface area contributed by atoms with Crippen LogP contribution in [0.15, 0.2) is 99.6 Å². The van der Waals surface area contributed by atoms with E-state index in [1.807, 2.05) is 24.3 Å². The Labute approximate surface area is 307 Å². The topological polar surface area (TPSA) is 44.8 Å². The quantitative estimate of drug-likeness (QED) is 0.129. The fraction of sp³-hybridized carbons (Fsp3) is 0.457. The predicted molar refractivity (Wildman–Crippen MR) is 207 cm³/mol. The lowest BCUT2D eigenvalue weighted by Gasteiger charge is -2.59. The Morgan fingerprint density at radius 3 is 1.67 bits per heavy atom. The minimum absolute atomic E-state index is 0.0585. The predicted octanol–water partition coefficient (Wildman–Crippen LogP) is 11.5. The summed E-state index contributed by atoms with van der Waals surface area (Å²) < 4.78 is 18.3. The number of rotatable bonds is 8. The van der Waals surface area contributed by atoms with E-state index < -0.39 is 10.9 Å². The minimum atomic E-state index is -0.660. The van der Waals surface area contributed by atoms with Crippen molar-refractivity contribution in [1.29, 1.82) is 0 Å². The second-order valence-electron chi connectivity index (χ2n) is 18.0. The molecule has 1 heterocycles. The number of fused-ring (bicyclic) bond motifs is 3. The molecule has 0 spiro atoms. The van der Waals surface area contributed by atoms with Crippen molar-refractivity contribution in [2.24, 2.45) is 23.7 Å². The lowest BCUT2D eigenvalue weighted by molar-refractivity contribution is -0.204. The van der Waals surface area contributed by atoms with Gasteiger partial charge in [-0.25, -0.2) is 4.79 Å². The molecular formula is C46H54O4S. The third-order valence-electron chi connectivity index (χ3n) is 12.4. The highest BCUT2D eigenvalue weighted by atomic mass is 32.2. The summed E-state index contributed by atoms with van der Waals surface area (Å²) in [5, 5.41) is 0. The van der Waals surface area contributed by atoms with Gasteiger partial charge in [0.05, 0.1) is 0 Å². The van der Waals surface area contributed by atoms with Crippen LogP contribution < -0.4 is 9.47 Å². The van der Waals surface area contributed by atoms with Crippen molar-refractivity contribution >= 4 is 16.9 Å². The molecule has 5 aliphatic rings. The van der Waals surface area contributed by atoms with E-state index in [0.29, 0.717) is 24.2 Å². The largest absolute Gasteiger partial charge is 0.489 e. The third kappa shape index (κ3) is 6.60. The second kappa shape index (κ2) is 12.8. The van der Waals surface area contributed by atoms with Crippen molar-refractivity contribution < 1.29 is 19.0 Å². The van der Waals surface area contributed by atoms with E-state index in [1.54, 1.807) is 0 Å². The molecule has 0 saturated heterocycles. The van der Waals surface area contributed by atoms with Crippen LogP contribution in [0.3, 0.4) is 0 Å². The molecule has 0 amide bonds. The van der Waals surface area contributed by atoms with Crippen molar-refractivity contribution in [3.8, 4) is 22.6 Å². The number of esters is 1. The molecule has 0 aromatic heterocycles. The van der Waals surface area contributed by atoms with Crippen molar-refractivity contribution in [3.05, 3.63) is 102 Å². The fourth-order valence-electron chi connectivity index (χ4n) is 9.48. The summed E-state index contributed by atoms with van der Waals surface area (Å²) in [5.74, 6) is 3.96. The van der Waals surface area contributed by atoms with Gasteiger partial charge in [-0.1, -0.05) is 65.8 Å². The van der Waals surface area contributed by atoms with Crippen LogP contribution in [0, 0.1) is 23.7 Å². The zero-order valence-electron chi connectivity index (χ0n) is 31.4. The number of hydrogen-bond acceptors (Lipinski definition) is 4. The SMILES string of the molecule is CC(C)(C)c1ccc2c(c1)-c1cc(C(C)(C)C)ccc1[SH]2c1ccc(OCc2ccc(OCC(=O)OC3(C)C4CC5CC(C4)CC3C5)cc2)cc1. The molecule has 51 heavy (non-hydrogen) atoms. The molecule has 9 rings (SSSR count). The Morgan fingerprint density at radius 1 is 0.667 bits per heavy atom. The summed E-state index contributed by atoms with van der Waals surface area (Å²) >= 11 is 0. The molecule has 1 aliphatic heterocycles. The lowest BCUT2D eigenvalue weighted by atomic mass is 9.50. The van der Waals surface area contributed by atoms with Gasteiger partial charge in [-0.15, -0.1) is 0 Å².